The average molecular weight is 369 g/mol. The first-order valence-corrected chi connectivity index (χ1v) is 9.89. The van der Waals surface area contributed by atoms with Crippen molar-refractivity contribution in [3.8, 4) is 17.0 Å². The molecule has 1 amide bonds. The number of methoxy groups -OCH3 is 1. The van der Waals surface area contributed by atoms with Gasteiger partial charge in [-0.05, 0) is 31.0 Å². The third-order valence-corrected chi connectivity index (χ3v) is 6.15. The van der Waals surface area contributed by atoms with Crippen LogP contribution >= 0.6 is 11.3 Å². The Morgan fingerprint density at radius 1 is 1.15 bits per heavy atom. The SMILES string of the molecule is COc1cccc(-c2nn(C)c3sc(C(=O)N4CCCCCC4)cc23)c1. The lowest BCUT2D eigenvalue weighted by Crippen LogP contribution is -2.31. The van der Waals surface area contributed by atoms with E-state index in [2.05, 4.69) is 5.10 Å². The van der Waals surface area contributed by atoms with E-state index in [9.17, 15) is 4.79 Å². The number of rotatable bonds is 3. The Hall–Kier alpha value is -2.34. The van der Waals surface area contributed by atoms with Gasteiger partial charge in [0.1, 0.15) is 16.3 Å². The molecule has 3 aromatic rings. The van der Waals surface area contributed by atoms with Gasteiger partial charge in [-0.3, -0.25) is 9.48 Å². The molecule has 136 valence electrons. The molecule has 0 saturated carbocycles. The van der Waals surface area contributed by atoms with Gasteiger partial charge in [0, 0.05) is 31.1 Å². The molecule has 0 bridgehead atoms. The maximum Gasteiger partial charge on any atom is 0.264 e. The summed E-state index contributed by atoms with van der Waals surface area (Å²) in [6.07, 6.45) is 4.65. The van der Waals surface area contributed by atoms with Crippen molar-refractivity contribution in [3.63, 3.8) is 0 Å². The smallest absolute Gasteiger partial charge is 0.264 e. The van der Waals surface area contributed by atoms with Gasteiger partial charge >= 0.3 is 0 Å². The minimum Gasteiger partial charge on any atom is -0.497 e. The van der Waals surface area contributed by atoms with Gasteiger partial charge < -0.3 is 9.64 Å². The van der Waals surface area contributed by atoms with Crippen LogP contribution in [0.15, 0.2) is 30.3 Å². The highest BCUT2D eigenvalue weighted by Crippen LogP contribution is 2.35. The molecule has 1 saturated heterocycles. The van der Waals surface area contributed by atoms with Crippen molar-refractivity contribution in [2.45, 2.75) is 25.7 Å². The van der Waals surface area contributed by atoms with E-state index < -0.39 is 0 Å². The van der Waals surface area contributed by atoms with Crippen molar-refractivity contribution in [3.05, 3.63) is 35.2 Å². The zero-order chi connectivity index (χ0) is 18.1. The van der Waals surface area contributed by atoms with Crippen molar-refractivity contribution in [1.29, 1.82) is 0 Å². The van der Waals surface area contributed by atoms with Gasteiger partial charge in [0.2, 0.25) is 0 Å². The van der Waals surface area contributed by atoms with Crippen LogP contribution in [-0.4, -0.2) is 40.8 Å². The molecule has 1 aromatic carbocycles. The number of aromatic nitrogens is 2. The quantitative estimate of drug-likeness (QED) is 0.690. The number of fused-ring (bicyclic) bond motifs is 1. The second kappa shape index (κ2) is 7.11. The molecule has 1 aliphatic heterocycles. The standard InChI is InChI=1S/C20H23N3O2S/c1-22-20-16(18(21-22)14-8-7-9-15(12-14)25-2)13-17(26-20)19(24)23-10-5-3-4-6-11-23/h7-9,12-13H,3-6,10-11H2,1-2H3. The molecule has 3 heterocycles. The fourth-order valence-corrected chi connectivity index (χ4v) is 4.60. The minimum atomic E-state index is 0.157. The number of carbonyl (C=O) groups is 1. The number of thiophene rings is 1. The van der Waals surface area contributed by atoms with Crippen LogP contribution in [0.1, 0.15) is 35.4 Å². The monoisotopic (exact) mass is 369 g/mol. The van der Waals surface area contributed by atoms with Crippen LogP contribution in [0.4, 0.5) is 0 Å². The topological polar surface area (TPSA) is 47.4 Å². The summed E-state index contributed by atoms with van der Waals surface area (Å²) < 4.78 is 7.21. The van der Waals surface area contributed by atoms with E-state index in [4.69, 9.17) is 4.74 Å². The summed E-state index contributed by atoms with van der Waals surface area (Å²) in [5, 5.41) is 5.70. The molecule has 6 heteroatoms. The van der Waals surface area contributed by atoms with Gasteiger partial charge in [-0.25, -0.2) is 0 Å². The fraction of sp³-hybridized carbons (Fsp3) is 0.400. The van der Waals surface area contributed by atoms with E-state index in [0.717, 1.165) is 58.0 Å². The molecular formula is C20H23N3O2S. The van der Waals surface area contributed by atoms with Crippen molar-refractivity contribution in [1.82, 2.24) is 14.7 Å². The predicted octanol–water partition coefficient (Wildman–Crippen LogP) is 4.33. The zero-order valence-corrected chi connectivity index (χ0v) is 16.0. The lowest BCUT2D eigenvalue weighted by atomic mass is 10.1. The summed E-state index contributed by atoms with van der Waals surface area (Å²) in [5.41, 5.74) is 1.90. The van der Waals surface area contributed by atoms with Crippen LogP contribution in [0.5, 0.6) is 5.75 Å². The largest absolute Gasteiger partial charge is 0.497 e. The fourth-order valence-electron chi connectivity index (χ4n) is 3.56. The van der Waals surface area contributed by atoms with Gasteiger partial charge in [0.05, 0.1) is 12.0 Å². The van der Waals surface area contributed by atoms with Crippen molar-refractivity contribution in [2.75, 3.05) is 20.2 Å². The molecule has 5 nitrogen and oxygen atoms in total. The maximum absolute atomic E-state index is 13.0. The average Bonchev–Trinajstić information content (AvgIpc) is 3.10. The van der Waals surface area contributed by atoms with Crippen molar-refractivity contribution in [2.24, 2.45) is 7.05 Å². The summed E-state index contributed by atoms with van der Waals surface area (Å²) in [4.78, 5) is 16.8. The first kappa shape index (κ1) is 17.1. The van der Waals surface area contributed by atoms with E-state index in [1.165, 1.54) is 24.2 Å². The summed E-state index contributed by atoms with van der Waals surface area (Å²) in [7, 11) is 3.60. The Morgan fingerprint density at radius 3 is 2.65 bits per heavy atom. The number of aryl methyl sites for hydroxylation is 1. The van der Waals surface area contributed by atoms with Gasteiger partial charge in [0.25, 0.3) is 5.91 Å². The molecule has 1 aliphatic rings. The number of ether oxygens (including phenoxy) is 1. The summed E-state index contributed by atoms with van der Waals surface area (Å²) in [6, 6.07) is 9.90. The van der Waals surface area contributed by atoms with Crippen molar-refractivity contribution < 1.29 is 9.53 Å². The van der Waals surface area contributed by atoms with Gasteiger partial charge in [-0.1, -0.05) is 25.0 Å². The third-order valence-electron chi connectivity index (χ3n) is 4.96. The zero-order valence-electron chi connectivity index (χ0n) is 15.2. The Bertz CT molecular complexity index is 936. The van der Waals surface area contributed by atoms with E-state index >= 15 is 0 Å². The van der Waals surface area contributed by atoms with Crippen LogP contribution in [0.3, 0.4) is 0 Å². The highest BCUT2D eigenvalue weighted by molar-refractivity contribution is 7.20. The Morgan fingerprint density at radius 2 is 1.92 bits per heavy atom. The summed E-state index contributed by atoms with van der Waals surface area (Å²) >= 11 is 1.54. The van der Waals surface area contributed by atoms with E-state index in [-0.39, 0.29) is 5.91 Å². The number of likely N-dealkylation sites (tertiary alicyclic amines) is 1. The van der Waals surface area contributed by atoms with Gasteiger partial charge in [0.15, 0.2) is 0 Å². The highest BCUT2D eigenvalue weighted by atomic mass is 32.1. The number of carbonyl (C=O) groups excluding carboxylic acids is 1. The Labute approximate surface area is 157 Å². The molecule has 0 radical (unpaired) electrons. The molecular weight excluding hydrogens is 346 g/mol. The predicted molar refractivity (Wildman–Crippen MR) is 105 cm³/mol. The van der Waals surface area contributed by atoms with E-state index in [1.54, 1.807) is 7.11 Å². The first-order chi connectivity index (χ1) is 12.7. The molecule has 0 spiro atoms. The molecule has 0 unspecified atom stereocenters. The molecule has 0 atom stereocenters. The molecule has 0 N–H and O–H groups in total. The van der Waals surface area contributed by atoms with Crippen LogP contribution in [0.25, 0.3) is 21.5 Å². The summed E-state index contributed by atoms with van der Waals surface area (Å²) in [5.74, 6) is 0.960. The Balaban J connectivity index is 1.72. The van der Waals surface area contributed by atoms with Gasteiger partial charge in [-0.15, -0.1) is 11.3 Å². The molecule has 26 heavy (non-hydrogen) atoms. The lowest BCUT2D eigenvalue weighted by molar-refractivity contribution is 0.0766. The number of amides is 1. The van der Waals surface area contributed by atoms with Crippen LogP contribution < -0.4 is 4.74 Å². The molecule has 1 fully saturated rings. The first-order valence-electron chi connectivity index (χ1n) is 9.07. The molecule has 4 rings (SSSR count). The highest BCUT2D eigenvalue weighted by Gasteiger charge is 2.22. The van der Waals surface area contributed by atoms with E-state index in [0.29, 0.717) is 0 Å². The van der Waals surface area contributed by atoms with Crippen LogP contribution in [0, 0.1) is 0 Å². The van der Waals surface area contributed by atoms with Crippen LogP contribution in [0.2, 0.25) is 0 Å². The number of nitrogens with zero attached hydrogens (tertiary/aromatic N) is 3. The molecule has 2 aromatic heterocycles. The Kier molecular flexibility index (Phi) is 4.68. The van der Waals surface area contributed by atoms with Crippen molar-refractivity contribution >= 4 is 27.5 Å². The minimum absolute atomic E-state index is 0.157. The molecule has 0 aliphatic carbocycles. The second-order valence-corrected chi connectivity index (χ2v) is 7.77. The number of hydrogen-bond donors (Lipinski definition) is 0. The van der Waals surface area contributed by atoms with E-state index in [1.807, 2.05) is 47.0 Å². The number of benzene rings is 1. The normalized spacial score (nSPS) is 15.2. The summed E-state index contributed by atoms with van der Waals surface area (Å²) in [6.45, 7) is 1.74. The lowest BCUT2D eigenvalue weighted by Gasteiger charge is -2.19. The third kappa shape index (κ3) is 3.09. The van der Waals surface area contributed by atoms with Gasteiger partial charge in [-0.2, -0.15) is 5.10 Å². The maximum atomic E-state index is 13.0. The van der Waals surface area contributed by atoms with Crippen LogP contribution in [-0.2, 0) is 7.05 Å². The second-order valence-electron chi connectivity index (χ2n) is 6.74. The number of hydrogen-bond acceptors (Lipinski definition) is 4.